The molecular weight excluding hydrogens is 304 g/mol. The Morgan fingerprint density at radius 2 is 1.96 bits per heavy atom. The smallest absolute Gasteiger partial charge is 0.256 e. The Kier molecular flexibility index (Phi) is 4.27. The highest BCUT2D eigenvalue weighted by Gasteiger charge is 2.33. The Bertz CT molecular complexity index is 646. The lowest BCUT2D eigenvalue weighted by Crippen LogP contribution is -2.37. The number of nitrogens with zero attached hydrogens (tertiary/aromatic N) is 1. The van der Waals surface area contributed by atoms with E-state index in [-0.39, 0.29) is 23.8 Å². The fraction of sp³-hybridized carbons (Fsp3) is 0.579. The number of nitrogens with one attached hydrogen (secondary N) is 1. The molecule has 0 aromatic heterocycles. The molecule has 0 radical (unpaired) electrons. The molecule has 1 aromatic carbocycles. The van der Waals surface area contributed by atoms with Gasteiger partial charge in [-0.2, -0.15) is 0 Å². The highest BCUT2D eigenvalue weighted by atomic mass is 16.5. The molecule has 1 aliphatic carbocycles. The number of amides is 2. The summed E-state index contributed by atoms with van der Waals surface area (Å²) in [5.74, 6) is 0.316. The van der Waals surface area contributed by atoms with E-state index in [2.05, 4.69) is 5.32 Å². The van der Waals surface area contributed by atoms with Gasteiger partial charge in [-0.15, -0.1) is 0 Å². The Morgan fingerprint density at radius 3 is 2.71 bits per heavy atom. The second-order valence-electron chi connectivity index (χ2n) is 7.06. The van der Waals surface area contributed by atoms with Crippen LogP contribution in [0.5, 0.6) is 0 Å². The van der Waals surface area contributed by atoms with Crippen molar-refractivity contribution in [1.82, 2.24) is 0 Å². The van der Waals surface area contributed by atoms with Crippen LogP contribution in [0.2, 0.25) is 0 Å². The zero-order chi connectivity index (χ0) is 16.5. The average molecular weight is 328 g/mol. The standard InChI is InChI=1S/C19H24N2O3/c22-18(14-4-1-2-5-14)20-15-8-7-13-9-10-21(16(13)12-15)19(23)17-6-3-11-24-17/h7-8,12,14,17H,1-6,9-11H2,(H,20,22)/t17-/m1/s1. The van der Waals surface area contributed by atoms with Crippen LogP contribution in [0.4, 0.5) is 11.4 Å². The summed E-state index contributed by atoms with van der Waals surface area (Å²) in [6, 6.07) is 5.93. The molecule has 0 unspecified atom stereocenters. The fourth-order valence-corrected chi connectivity index (χ4v) is 4.06. The van der Waals surface area contributed by atoms with E-state index in [4.69, 9.17) is 4.74 Å². The summed E-state index contributed by atoms with van der Waals surface area (Å²) in [6.07, 6.45) is 6.59. The van der Waals surface area contributed by atoms with Crippen LogP contribution in [0.1, 0.15) is 44.1 Å². The number of rotatable bonds is 3. The Hall–Kier alpha value is -1.88. The molecule has 1 saturated heterocycles. The molecule has 0 spiro atoms. The summed E-state index contributed by atoms with van der Waals surface area (Å²) >= 11 is 0. The van der Waals surface area contributed by atoms with Crippen molar-refractivity contribution in [3.63, 3.8) is 0 Å². The van der Waals surface area contributed by atoms with Gasteiger partial charge < -0.3 is 15.0 Å². The quantitative estimate of drug-likeness (QED) is 0.928. The summed E-state index contributed by atoms with van der Waals surface area (Å²) < 4.78 is 5.54. The van der Waals surface area contributed by atoms with Crippen LogP contribution in [0, 0.1) is 5.92 Å². The average Bonchev–Trinajstić information content (AvgIpc) is 3.33. The molecule has 3 aliphatic rings. The minimum absolute atomic E-state index is 0.0607. The van der Waals surface area contributed by atoms with Crippen LogP contribution in [0.25, 0.3) is 0 Å². The molecule has 1 aromatic rings. The first-order valence-electron chi connectivity index (χ1n) is 9.09. The first-order valence-corrected chi connectivity index (χ1v) is 9.09. The van der Waals surface area contributed by atoms with E-state index in [1.54, 1.807) is 0 Å². The highest BCUT2D eigenvalue weighted by Crippen LogP contribution is 2.33. The second kappa shape index (κ2) is 6.55. The molecule has 4 rings (SSSR count). The molecule has 1 atom stereocenters. The Morgan fingerprint density at radius 1 is 1.12 bits per heavy atom. The monoisotopic (exact) mass is 328 g/mol. The molecule has 0 bridgehead atoms. The van der Waals surface area contributed by atoms with E-state index in [9.17, 15) is 9.59 Å². The van der Waals surface area contributed by atoms with Gasteiger partial charge in [0.1, 0.15) is 6.10 Å². The molecule has 128 valence electrons. The highest BCUT2D eigenvalue weighted by molar-refractivity contribution is 6.00. The van der Waals surface area contributed by atoms with E-state index in [0.29, 0.717) is 13.2 Å². The van der Waals surface area contributed by atoms with Crippen molar-refractivity contribution in [2.75, 3.05) is 23.4 Å². The van der Waals surface area contributed by atoms with Gasteiger partial charge in [-0.25, -0.2) is 0 Å². The zero-order valence-corrected chi connectivity index (χ0v) is 13.9. The minimum Gasteiger partial charge on any atom is -0.368 e. The van der Waals surface area contributed by atoms with Crippen molar-refractivity contribution in [2.45, 2.75) is 51.0 Å². The van der Waals surface area contributed by atoms with Crippen LogP contribution in [0.15, 0.2) is 18.2 Å². The first-order chi connectivity index (χ1) is 11.7. The molecule has 2 amide bonds. The molecule has 1 N–H and O–H groups in total. The number of hydrogen-bond acceptors (Lipinski definition) is 3. The predicted octanol–water partition coefficient (Wildman–Crippen LogP) is 2.88. The molecule has 2 aliphatic heterocycles. The lowest BCUT2D eigenvalue weighted by Gasteiger charge is -2.21. The third-order valence-corrected chi connectivity index (χ3v) is 5.45. The molecule has 1 saturated carbocycles. The molecular formula is C19H24N2O3. The topological polar surface area (TPSA) is 58.6 Å². The summed E-state index contributed by atoms with van der Waals surface area (Å²) in [4.78, 5) is 26.8. The number of ether oxygens (including phenoxy) is 1. The largest absolute Gasteiger partial charge is 0.368 e. The van der Waals surface area contributed by atoms with Crippen LogP contribution in [-0.2, 0) is 20.7 Å². The van der Waals surface area contributed by atoms with Crippen LogP contribution >= 0.6 is 0 Å². The number of fused-ring (bicyclic) bond motifs is 1. The predicted molar refractivity (Wildman–Crippen MR) is 92.1 cm³/mol. The van der Waals surface area contributed by atoms with E-state index < -0.39 is 0 Å². The summed E-state index contributed by atoms with van der Waals surface area (Å²) in [6.45, 7) is 1.38. The second-order valence-corrected chi connectivity index (χ2v) is 7.06. The lowest BCUT2D eigenvalue weighted by atomic mass is 10.1. The van der Waals surface area contributed by atoms with Gasteiger partial charge in [0.15, 0.2) is 0 Å². The van der Waals surface area contributed by atoms with E-state index in [1.807, 2.05) is 23.1 Å². The van der Waals surface area contributed by atoms with E-state index in [0.717, 1.165) is 56.3 Å². The maximum Gasteiger partial charge on any atom is 0.256 e. The summed E-state index contributed by atoms with van der Waals surface area (Å²) in [7, 11) is 0. The number of hydrogen-bond donors (Lipinski definition) is 1. The summed E-state index contributed by atoms with van der Waals surface area (Å²) in [5, 5.41) is 3.03. The maximum absolute atomic E-state index is 12.7. The minimum atomic E-state index is -0.298. The van der Waals surface area contributed by atoms with Crippen LogP contribution in [0.3, 0.4) is 0 Å². The number of carbonyl (C=O) groups is 2. The van der Waals surface area contributed by atoms with Gasteiger partial charge in [-0.1, -0.05) is 18.9 Å². The van der Waals surface area contributed by atoms with Gasteiger partial charge in [0.2, 0.25) is 5.91 Å². The zero-order valence-electron chi connectivity index (χ0n) is 13.9. The molecule has 2 heterocycles. The number of benzene rings is 1. The molecule has 5 heteroatoms. The van der Waals surface area contributed by atoms with Crippen LogP contribution in [-0.4, -0.2) is 31.1 Å². The van der Waals surface area contributed by atoms with Crippen LogP contribution < -0.4 is 10.2 Å². The van der Waals surface area contributed by atoms with E-state index in [1.165, 1.54) is 5.56 Å². The number of anilines is 2. The molecule has 24 heavy (non-hydrogen) atoms. The summed E-state index contributed by atoms with van der Waals surface area (Å²) in [5.41, 5.74) is 2.89. The third-order valence-electron chi connectivity index (χ3n) is 5.45. The molecule has 5 nitrogen and oxygen atoms in total. The maximum atomic E-state index is 12.7. The first kappa shape index (κ1) is 15.6. The fourth-order valence-electron chi connectivity index (χ4n) is 4.06. The van der Waals surface area contributed by atoms with Crippen molar-refractivity contribution >= 4 is 23.2 Å². The van der Waals surface area contributed by atoms with E-state index >= 15 is 0 Å². The van der Waals surface area contributed by atoms with Crippen molar-refractivity contribution in [2.24, 2.45) is 5.92 Å². The Balaban J connectivity index is 1.50. The SMILES string of the molecule is O=C(Nc1ccc2c(c1)N(C(=O)[C@H]1CCCO1)CC2)C1CCCC1. The third kappa shape index (κ3) is 2.93. The number of carbonyl (C=O) groups excluding carboxylic acids is 2. The lowest BCUT2D eigenvalue weighted by molar-refractivity contribution is -0.127. The van der Waals surface area contributed by atoms with Gasteiger partial charge in [0, 0.05) is 30.4 Å². The van der Waals surface area contributed by atoms with Crippen molar-refractivity contribution in [3.8, 4) is 0 Å². The van der Waals surface area contributed by atoms with Gasteiger partial charge in [-0.3, -0.25) is 9.59 Å². The van der Waals surface area contributed by atoms with Gasteiger partial charge in [-0.05, 0) is 49.8 Å². The van der Waals surface area contributed by atoms with Gasteiger partial charge in [0.25, 0.3) is 5.91 Å². The van der Waals surface area contributed by atoms with Crippen molar-refractivity contribution < 1.29 is 14.3 Å². The van der Waals surface area contributed by atoms with Gasteiger partial charge >= 0.3 is 0 Å². The normalized spacial score (nSPS) is 23.5. The van der Waals surface area contributed by atoms with Crippen molar-refractivity contribution in [3.05, 3.63) is 23.8 Å². The molecule has 2 fully saturated rings. The van der Waals surface area contributed by atoms with Gasteiger partial charge in [0.05, 0.1) is 0 Å². The Labute approximate surface area is 142 Å². The van der Waals surface area contributed by atoms with Crippen molar-refractivity contribution in [1.29, 1.82) is 0 Å².